The molecule has 0 aliphatic carbocycles. The second kappa shape index (κ2) is 7.04. The van der Waals surface area contributed by atoms with Gasteiger partial charge in [0.25, 0.3) is 0 Å². The summed E-state index contributed by atoms with van der Waals surface area (Å²) in [7, 11) is 0. The summed E-state index contributed by atoms with van der Waals surface area (Å²) >= 11 is 0. The highest BCUT2D eigenvalue weighted by Gasteiger charge is 1.96. The van der Waals surface area contributed by atoms with Gasteiger partial charge in [-0.25, -0.2) is 0 Å². The third-order valence-corrected chi connectivity index (χ3v) is 2.33. The van der Waals surface area contributed by atoms with Crippen LogP contribution in [-0.2, 0) is 0 Å². The van der Waals surface area contributed by atoms with Gasteiger partial charge in [0, 0.05) is 13.1 Å². The zero-order valence-electron chi connectivity index (χ0n) is 9.63. The normalized spacial score (nSPS) is 10.9. The first-order valence-corrected chi connectivity index (χ1v) is 5.47. The van der Waals surface area contributed by atoms with Gasteiger partial charge in [0.05, 0.1) is 13.2 Å². The van der Waals surface area contributed by atoms with Gasteiger partial charge in [-0.3, -0.25) is 0 Å². The van der Waals surface area contributed by atoms with Crippen LogP contribution in [0.1, 0.15) is 11.1 Å². The van der Waals surface area contributed by atoms with Crippen molar-refractivity contribution in [3.8, 4) is 0 Å². The fraction of sp³-hybridized carbons (Fsp3) is 0.385. The van der Waals surface area contributed by atoms with Crippen molar-refractivity contribution in [3.63, 3.8) is 0 Å². The van der Waals surface area contributed by atoms with Crippen LogP contribution in [0, 0.1) is 6.92 Å². The van der Waals surface area contributed by atoms with Gasteiger partial charge >= 0.3 is 0 Å². The molecule has 3 nitrogen and oxygen atoms in total. The number of hydrogen-bond acceptors (Lipinski definition) is 3. The average molecular weight is 221 g/mol. The van der Waals surface area contributed by atoms with E-state index >= 15 is 0 Å². The minimum absolute atomic E-state index is 0.0955. The lowest BCUT2D eigenvalue weighted by molar-refractivity contribution is 0.199. The van der Waals surface area contributed by atoms with Gasteiger partial charge in [-0.2, -0.15) is 0 Å². The van der Waals surface area contributed by atoms with Crippen molar-refractivity contribution in [1.82, 2.24) is 4.90 Å². The summed E-state index contributed by atoms with van der Waals surface area (Å²) in [6.07, 6.45) is 3.88. The molecule has 16 heavy (non-hydrogen) atoms. The molecule has 2 N–H and O–H groups in total. The number of benzene rings is 1. The number of nitrogens with zero attached hydrogens (tertiary/aromatic N) is 1. The molecule has 1 aromatic carbocycles. The van der Waals surface area contributed by atoms with E-state index < -0.39 is 0 Å². The summed E-state index contributed by atoms with van der Waals surface area (Å²) in [5, 5.41) is 17.7. The topological polar surface area (TPSA) is 43.7 Å². The van der Waals surface area contributed by atoms with Crippen molar-refractivity contribution in [2.45, 2.75) is 6.92 Å². The molecule has 1 rings (SSSR count). The molecule has 1 aromatic rings. The Balaban J connectivity index is 2.58. The molecule has 0 radical (unpaired) electrons. The van der Waals surface area contributed by atoms with E-state index in [9.17, 15) is 0 Å². The highest BCUT2D eigenvalue weighted by molar-refractivity contribution is 5.49. The Kier molecular flexibility index (Phi) is 5.61. The quantitative estimate of drug-likeness (QED) is 0.760. The lowest BCUT2D eigenvalue weighted by Gasteiger charge is -2.17. The van der Waals surface area contributed by atoms with Crippen LogP contribution in [0.5, 0.6) is 0 Å². The van der Waals surface area contributed by atoms with E-state index in [1.165, 1.54) is 5.56 Å². The number of rotatable bonds is 6. The zero-order chi connectivity index (χ0) is 11.8. The smallest absolute Gasteiger partial charge is 0.0606 e. The van der Waals surface area contributed by atoms with Crippen LogP contribution in [0.25, 0.3) is 6.08 Å². The molecule has 0 unspecified atom stereocenters. The van der Waals surface area contributed by atoms with Crippen LogP contribution >= 0.6 is 0 Å². The molecule has 3 heteroatoms. The Labute approximate surface area is 96.6 Å². The Bertz CT molecular complexity index is 313. The summed E-state index contributed by atoms with van der Waals surface area (Å²) in [6.45, 7) is 3.33. The SMILES string of the molecule is Cc1ccc(C=CN(CCO)CCO)cc1. The Morgan fingerprint density at radius 2 is 1.62 bits per heavy atom. The second-order valence-corrected chi connectivity index (χ2v) is 3.71. The Morgan fingerprint density at radius 1 is 1.06 bits per heavy atom. The van der Waals surface area contributed by atoms with Crippen LogP contribution in [0.3, 0.4) is 0 Å². The van der Waals surface area contributed by atoms with Gasteiger partial charge in [-0.15, -0.1) is 0 Å². The Morgan fingerprint density at radius 3 is 2.12 bits per heavy atom. The summed E-state index contributed by atoms with van der Waals surface area (Å²) in [5.41, 5.74) is 2.35. The third kappa shape index (κ3) is 4.47. The van der Waals surface area contributed by atoms with Crippen molar-refractivity contribution in [2.75, 3.05) is 26.3 Å². The zero-order valence-corrected chi connectivity index (χ0v) is 9.63. The molecule has 88 valence electrons. The molecule has 0 aromatic heterocycles. The number of aryl methyl sites for hydroxylation is 1. The lowest BCUT2D eigenvalue weighted by Crippen LogP contribution is -2.24. The van der Waals surface area contributed by atoms with E-state index in [-0.39, 0.29) is 13.2 Å². The van der Waals surface area contributed by atoms with Gasteiger partial charge in [-0.05, 0) is 24.8 Å². The molecule has 0 bridgehead atoms. The molecule has 0 saturated carbocycles. The minimum atomic E-state index is 0.0955. The molecule has 0 amide bonds. The highest BCUT2D eigenvalue weighted by atomic mass is 16.3. The van der Waals surface area contributed by atoms with E-state index in [1.807, 2.05) is 29.3 Å². The summed E-state index contributed by atoms with van der Waals surface area (Å²) < 4.78 is 0. The summed E-state index contributed by atoms with van der Waals surface area (Å²) in [4.78, 5) is 1.89. The van der Waals surface area contributed by atoms with E-state index in [0.717, 1.165) is 5.56 Å². The van der Waals surface area contributed by atoms with Crippen LogP contribution < -0.4 is 0 Å². The van der Waals surface area contributed by atoms with Gasteiger partial charge in [0.2, 0.25) is 0 Å². The summed E-state index contributed by atoms with van der Waals surface area (Å²) in [5.74, 6) is 0. The number of aliphatic hydroxyl groups excluding tert-OH is 2. The maximum Gasteiger partial charge on any atom is 0.0606 e. The largest absolute Gasteiger partial charge is 0.395 e. The first-order valence-electron chi connectivity index (χ1n) is 5.47. The number of hydrogen-bond donors (Lipinski definition) is 2. The van der Waals surface area contributed by atoms with Crippen LogP contribution in [0.2, 0.25) is 0 Å². The maximum atomic E-state index is 8.84. The van der Waals surface area contributed by atoms with Gasteiger partial charge in [0.15, 0.2) is 0 Å². The molecule has 0 aliphatic heterocycles. The molecular formula is C13H19NO2. The van der Waals surface area contributed by atoms with Crippen molar-refractivity contribution < 1.29 is 10.2 Å². The van der Waals surface area contributed by atoms with E-state index in [0.29, 0.717) is 13.1 Å². The van der Waals surface area contributed by atoms with Crippen molar-refractivity contribution in [3.05, 3.63) is 41.6 Å². The van der Waals surface area contributed by atoms with Gasteiger partial charge < -0.3 is 15.1 Å². The van der Waals surface area contributed by atoms with Crippen LogP contribution in [-0.4, -0.2) is 41.4 Å². The van der Waals surface area contributed by atoms with Crippen molar-refractivity contribution in [1.29, 1.82) is 0 Å². The standard InChI is InChI=1S/C13H19NO2/c1-12-2-4-13(5-3-12)6-7-14(8-10-15)9-11-16/h2-7,15-16H,8-11H2,1H3. The van der Waals surface area contributed by atoms with Gasteiger partial charge in [0.1, 0.15) is 0 Å². The molecule has 0 heterocycles. The third-order valence-electron chi connectivity index (χ3n) is 2.33. The molecule has 0 atom stereocenters. The highest BCUT2D eigenvalue weighted by Crippen LogP contribution is 2.05. The van der Waals surface area contributed by atoms with Crippen LogP contribution in [0.15, 0.2) is 30.5 Å². The van der Waals surface area contributed by atoms with E-state index in [1.54, 1.807) is 0 Å². The fourth-order valence-electron chi connectivity index (χ4n) is 1.39. The molecular weight excluding hydrogens is 202 g/mol. The maximum absolute atomic E-state index is 8.84. The molecule has 0 saturated heterocycles. The monoisotopic (exact) mass is 221 g/mol. The molecule has 0 fully saturated rings. The van der Waals surface area contributed by atoms with E-state index in [4.69, 9.17) is 10.2 Å². The first-order chi connectivity index (χ1) is 7.76. The predicted octanol–water partition coefficient (Wildman–Crippen LogP) is 1.25. The summed E-state index contributed by atoms with van der Waals surface area (Å²) in [6, 6.07) is 8.20. The minimum Gasteiger partial charge on any atom is -0.395 e. The molecule has 0 spiro atoms. The van der Waals surface area contributed by atoms with Crippen molar-refractivity contribution >= 4 is 6.08 Å². The molecule has 0 aliphatic rings. The Hall–Kier alpha value is -1.32. The number of aliphatic hydroxyl groups is 2. The second-order valence-electron chi connectivity index (χ2n) is 3.71. The predicted molar refractivity (Wildman–Crippen MR) is 66.0 cm³/mol. The van der Waals surface area contributed by atoms with Crippen molar-refractivity contribution in [2.24, 2.45) is 0 Å². The van der Waals surface area contributed by atoms with E-state index in [2.05, 4.69) is 19.1 Å². The first kappa shape index (κ1) is 12.7. The van der Waals surface area contributed by atoms with Crippen LogP contribution in [0.4, 0.5) is 0 Å². The fourth-order valence-corrected chi connectivity index (χ4v) is 1.39. The average Bonchev–Trinajstić information content (AvgIpc) is 2.29. The lowest BCUT2D eigenvalue weighted by atomic mass is 10.1. The van der Waals surface area contributed by atoms with Gasteiger partial charge in [-0.1, -0.05) is 29.8 Å².